The molecule has 18 heavy (non-hydrogen) atoms. The highest BCUT2D eigenvalue weighted by Gasteiger charge is 2.32. The molecule has 2 rings (SSSR count). The van der Waals surface area contributed by atoms with Gasteiger partial charge in [-0.05, 0) is 30.5 Å². The number of sulfonamides is 1. The minimum Gasteiger partial charge on any atom is -0.495 e. The molecular weight excluding hydrogens is 274 g/mol. The second-order valence-corrected chi connectivity index (χ2v) is 6.89. The molecule has 0 aliphatic carbocycles. The largest absolute Gasteiger partial charge is 0.495 e. The van der Waals surface area contributed by atoms with Crippen molar-refractivity contribution in [1.29, 1.82) is 0 Å². The minimum atomic E-state index is -3.51. The maximum atomic E-state index is 12.5. The normalized spacial score (nSPS) is 21.2. The van der Waals surface area contributed by atoms with E-state index in [1.54, 1.807) is 12.1 Å². The molecule has 4 nitrogen and oxygen atoms in total. The van der Waals surface area contributed by atoms with Gasteiger partial charge in [-0.3, -0.25) is 0 Å². The lowest BCUT2D eigenvalue weighted by atomic mass is 10.2. The molecule has 0 bridgehead atoms. The zero-order valence-corrected chi connectivity index (χ0v) is 12.0. The van der Waals surface area contributed by atoms with Crippen molar-refractivity contribution in [2.45, 2.75) is 18.2 Å². The summed E-state index contributed by atoms with van der Waals surface area (Å²) in [6.07, 6.45) is 0.891. The Balaban J connectivity index is 2.43. The molecule has 0 saturated carbocycles. The Morgan fingerprint density at radius 3 is 2.72 bits per heavy atom. The van der Waals surface area contributed by atoms with Gasteiger partial charge in [0.05, 0.1) is 7.11 Å². The van der Waals surface area contributed by atoms with Gasteiger partial charge in [0, 0.05) is 18.1 Å². The van der Waals surface area contributed by atoms with Gasteiger partial charge in [-0.15, -0.1) is 0 Å². The van der Waals surface area contributed by atoms with Gasteiger partial charge in [-0.1, -0.05) is 18.5 Å². The fraction of sp³-hybridized carbons (Fsp3) is 0.500. The third kappa shape index (κ3) is 2.48. The van der Waals surface area contributed by atoms with E-state index in [1.807, 2.05) is 6.92 Å². The van der Waals surface area contributed by atoms with Crippen molar-refractivity contribution in [3.05, 3.63) is 23.2 Å². The van der Waals surface area contributed by atoms with E-state index < -0.39 is 10.0 Å². The van der Waals surface area contributed by atoms with Crippen LogP contribution < -0.4 is 4.74 Å². The summed E-state index contributed by atoms with van der Waals surface area (Å²) in [5, 5.41) is 0.390. The van der Waals surface area contributed by atoms with Crippen LogP contribution in [-0.2, 0) is 10.0 Å². The molecule has 0 radical (unpaired) electrons. The Morgan fingerprint density at radius 2 is 2.17 bits per heavy atom. The van der Waals surface area contributed by atoms with E-state index >= 15 is 0 Å². The van der Waals surface area contributed by atoms with Crippen LogP contribution in [0.15, 0.2) is 23.1 Å². The van der Waals surface area contributed by atoms with Crippen LogP contribution in [0.2, 0.25) is 5.02 Å². The van der Waals surface area contributed by atoms with Crippen molar-refractivity contribution in [2.24, 2.45) is 5.92 Å². The number of halogens is 1. The summed E-state index contributed by atoms with van der Waals surface area (Å²) in [7, 11) is -2.06. The Kier molecular flexibility index (Phi) is 3.84. The number of rotatable bonds is 3. The standard InChI is InChI=1S/C12H16ClNO3S/c1-9-5-6-14(8-9)18(15,16)12-7-10(13)3-4-11(12)17-2/h3-4,7,9H,5-6,8H2,1-2H3. The molecule has 1 aliphatic rings. The molecule has 1 aliphatic heterocycles. The van der Waals surface area contributed by atoms with Crippen LogP contribution in [0, 0.1) is 5.92 Å². The maximum absolute atomic E-state index is 12.5. The molecule has 0 amide bonds. The lowest BCUT2D eigenvalue weighted by Gasteiger charge is -2.18. The predicted octanol–water partition coefficient (Wildman–Crippen LogP) is 2.38. The lowest BCUT2D eigenvalue weighted by Crippen LogP contribution is -2.29. The SMILES string of the molecule is COc1ccc(Cl)cc1S(=O)(=O)N1CCC(C)C1. The quantitative estimate of drug-likeness (QED) is 0.858. The Hall–Kier alpha value is -0.780. The molecule has 1 saturated heterocycles. The first-order valence-electron chi connectivity index (χ1n) is 5.79. The molecule has 1 unspecified atom stereocenters. The molecule has 1 aromatic rings. The summed E-state index contributed by atoms with van der Waals surface area (Å²) >= 11 is 5.88. The van der Waals surface area contributed by atoms with Crippen molar-refractivity contribution in [1.82, 2.24) is 4.31 Å². The van der Waals surface area contributed by atoms with Gasteiger partial charge in [0.25, 0.3) is 0 Å². The minimum absolute atomic E-state index is 0.145. The zero-order valence-electron chi connectivity index (χ0n) is 10.4. The van der Waals surface area contributed by atoms with E-state index in [1.165, 1.54) is 17.5 Å². The fourth-order valence-corrected chi connectivity index (χ4v) is 4.10. The van der Waals surface area contributed by atoms with E-state index in [2.05, 4.69) is 0 Å². The van der Waals surface area contributed by atoms with Crippen molar-refractivity contribution in [3.63, 3.8) is 0 Å². The molecule has 1 fully saturated rings. The summed E-state index contributed by atoms with van der Waals surface area (Å²) in [5.41, 5.74) is 0. The van der Waals surface area contributed by atoms with Crippen LogP contribution >= 0.6 is 11.6 Å². The predicted molar refractivity (Wildman–Crippen MR) is 70.5 cm³/mol. The van der Waals surface area contributed by atoms with E-state index in [0.29, 0.717) is 29.8 Å². The van der Waals surface area contributed by atoms with E-state index in [9.17, 15) is 8.42 Å². The summed E-state index contributed by atoms with van der Waals surface area (Å²) in [6.45, 7) is 3.15. The first kappa shape index (κ1) is 13.6. The van der Waals surface area contributed by atoms with Gasteiger partial charge in [0.2, 0.25) is 10.0 Å². The van der Waals surface area contributed by atoms with Gasteiger partial charge >= 0.3 is 0 Å². The Labute approximate surface area is 113 Å². The second-order valence-electron chi connectivity index (χ2n) is 4.55. The van der Waals surface area contributed by atoms with Crippen molar-refractivity contribution < 1.29 is 13.2 Å². The average Bonchev–Trinajstić information content (AvgIpc) is 2.76. The number of benzene rings is 1. The first-order chi connectivity index (χ1) is 8.45. The van der Waals surface area contributed by atoms with Crippen LogP contribution in [0.1, 0.15) is 13.3 Å². The summed E-state index contributed by atoms with van der Waals surface area (Å²) in [4.78, 5) is 0.145. The number of ether oxygens (including phenoxy) is 1. The maximum Gasteiger partial charge on any atom is 0.246 e. The van der Waals surface area contributed by atoms with Crippen LogP contribution in [0.5, 0.6) is 5.75 Å². The highest BCUT2D eigenvalue weighted by Crippen LogP contribution is 2.32. The lowest BCUT2D eigenvalue weighted by molar-refractivity contribution is 0.397. The zero-order chi connectivity index (χ0) is 13.3. The van der Waals surface area contributed by atoms with E-state index in [0.717, 1.165) is 6.42 Å². The van der Waals surface area contributed by atoms with E-state index in [4.69, 9.17) is 16.3 Å². The third-order valence-corrected chi connectivity index (χ3v) is 5.25. The van der Waals surface area contributed by atoms with Gasteiger partial charge in [-0.2, -0.15) is 4.31 Å². The van der Waals surface area contributed by atoms with Crippen molar-refractivity contribution >= 4 is 21.6 Å². The first-order valence-corrected chi connectivity index (χ1v) is 7.60. The highest BCUT2D eigenvalue weighted by atomic mass is 35.5. The molecular formula is C12H16ClNO3S. The second kappa shape index (κ2) is 5.07. The van der Waals surface area contributed by atoms with Gasteiger partial charge in [-0.25, -0.2) is 8.42 Å². The number of methoxy groups -OCH3 is 1. The summed E-state index contributed by atoms with van der Waals surface area (Å²) < 4.78 is 31.6. The monoisotopic (exact) mass is 289 g/mol. The summed E-state index contributed by atoms with van der Waals surface area (Å²) in [5.74, 6) is 0.726. The molecule has 0 aromatic heterocycles. The van der Waals surface area contributed by atoms with Gasteiger partial charge in [0.15, 0.2) is 0 Å². The highest BCUT2D eigenvalue weighted by molar-refractivity contribution is 7.89. The molecule has 1 atom stereocenters. The molecule has 0 N–H and O–H groups in total. The molecule has 1 heterocycles. The Morgan fingerprint density at radius 1 is 1.44 bits per heavy atom. The molecule has 6 heteroatoms. The smallest absolute Gasteiger partial charge is 0.246 e. The van der Waals surface area contributed by atoms with Crippen LogP contribution in [0.4, 0.5) is 0 Å². The van der Waals surface area contributed by atoms with Gasteiger partial charge < -0.3 is 4.74 Å². The fourth-order valence-electron chi connectivity index (χ4n) is 2.10. The Bertz CT molecular complexity index is 544. The van der Waals surface area contributed by atoms with Crippen LogP contribution in [0.3, 0.4) is 0 Å². The van der Waals surface area contributed by atoms with Crippen LogP contribution in [0.25, 0.3) is 0 Å². The third-order valence-electron chi connectivity index (χ3n) is 3.13. The topological polar surface area (TPSA) is 46.6 Å². The number of hydrogen-bond acceptors (Lipinski definition) is 3. The number of nitrogens with zero attached hydrogens (tertiary/aromatic N) is 1. The van der Waals surface area contributed by atoms with Crippen molar-refractivity contribution in [3.8, 4) is 5.75 Å². The molecule has 100 valence electrons. The van der Waals surface area contributed by atoms with Crippen LogP contribution in [-0.4, -0.2) is 32.9 Å². The van der Waals surface area contributed by atoms with Crippen molar-refractivity contribution in [2.75, 3.05) is 20.2 Å². The van der Waals surface area contributed by atoms with Gasteiger partial charge in [0.1, 0.15) is 10.6 Å². The average molecular weight is 290 g/mol. The van der Waals surface area contributed by atoms with E-state index in [-0.39, 0.29) is 4.90 Å². The summed E-state index contributed by atoms with van der Waals surface area (Å²) in [6, 6.07) is 4.64. The molecule has 1 aromatic carbocycles. The molecule has 0 spiro atoms. The number of hydrogen-bond donors (Lipinski definition) is 0.